The standard InChI is InChI=1S/C9H14ClNS/c1-7(3-5-11-2)9-8(10)4-6-12-9/h4,6-7,11H,3,5H2,1-2H3. The van der Waals surface area contributed by atoms with Crippen LogP contribution in [0.25, 0.3) is 0 Å². The van der Waals surface area contributed by atoms with Crippen LogP contribution in [0, 0.1) is 0 Å². The maximum absolute atomic E-state index is 6.00. The molecule has 1 rings (SSSR count). The molecule has 0 aliphatic carbocycles. The summed E-state index contributed by atoms with van der Waals surface area (Å²) < 4.78 is 0. The number of nitrogens with one attached hydrogen (secondary N) is 1. The van der Waals surface area contributed by atoms with Crippen LogP contribution in [0.5, 0.6) is 0 Å². The highest BCUT2D eigenvalue weighted by Gasteiger charge is 2.09. The molecule has 1 heterocycles. The summed E-state index contributed by atoms with van der Waals surface area (Å²) in [5.74, 6) is 0.574. The van der Waals surface area contributed by atoms with Gasteiger partial charge in [-0.2, -0.15) is 0 Å². The van der Waals surface area contributed by atoms with E-state index in [1.54, 1.807) is 11.3 Å². The fourth-order valence-corrected chi connectivity index (χ4v) is 2.49. The van der Waals surface area contributed by atoms with Gasteiger partial charge in [0.1, 0.15) is 0 Å². The first-order valence-corrected chi connectivity index (χ1v) is 5.39. The largest absolute Gasteiger partial charge is 0.320 e. The molecule has 1 unspecified atom stereocenters. The van der Waals surface area contributed by atoms with E-state index >= 15 is 0 Å². The minimum Gasteiger partial charge on any atom is -0.320 e. The number of hydrogen-bond donors (Lipinski definition) is 1. The summed E-state index contributed by atoms with van der Waals surface area (Å²) >= 11 is 7.75. The molecule has 12 heavy (non-hydrogen) atoms. The Morgan fingerprint density at radius 2 is 2.42 bits per heavy atom. The van der Waals surface area contributed by atoms with E-state index in [0.29, 0.717) is 5.92 Å². The van der Waals surface area contributed by atoms with E-state index < -0.39 is 0 Å². The molecule has 1 aromatic rings. The first-order chi connectivity index (χ1) is 5.75. The van der Waals surface area contributed by atoms with Gasteiger partial charge in [-0.15, -0.1) is 11.3 Å². The maximum atomic E-state index is 6.00. The molecule has 0 saturated heterocycles. The van der Waals surface area contributed by atoms with Gasteiger partial charge in [0.2, 0.25) is 0 Å². The molecule has 1 aromatic heterocycles. The molecule has 0 amide bonds. The van der Waals surface area contributed by atoms with Crippen molar-refractivity contribution in [1.29, 1.82) is 0 Å². The Kier molecular flexibility index (Phi) is 4.06. The molecular formula is C9H14ClNS. The minimum absolute atomic E-state index is 0.574. The SMILES string of the molecule is CNCCC(C)c1sccc1Cl. The molecule has 0 radical (unpaired) electrons. The summed E-state index contributed by atoms with van der Waals surface area (Å²) in [5, 5.41) is 6.11. The topological polar surface area (TPSA) is 12.0 Å². The predicted octanol–water partition coefficient (Wildman–Crippen LogP) is 3.11. The predicted molar refractivity (Wildman–Crippen MR) is 56.3 cm³/mol. The second kappa shape index (κ2) is 4.85. The van der Waals surface area contributed by atoms with Gasteiger partial charge in [-0.3, -0.25) is 0 Å². The lowest BCUT2D eigenvalue weighted by molar-refractivity contribution is 0.644. The van der Waals surface area contributed by atoms with Gasteiger partial charge in [0.25, 0.3) is 0 Å². The first-order valence-electron chi connectivity index (χ1n) is 4.13. The van der Waals surface area contributed by atoms with Crippen LogP contribution in [0.1, 0.15) is 24.1 Å². The average Bonchev–Trinajstić information content (AvgIpc) is 2.47. The van der Waals surface area contributed by atoms with Crippen molar-refractivity contribution >= 4 is 22.9 Å². The van der Waals surface area contributed by atoms with Crippen molar-refractivity contribution < 1.29 is 0 Å². The summed E-state index contributed by atoms with van der Waals surface area (Å²) in [7, 11) is 1.97. The van der Waals surface area contributed by atoms with Crippen molar-refractivity contribution in [2.75, 3.05) is 13.6 Å². The molecule has 0 fully saturated rings. The van der Waals surface area contributed by atoms with E-state index in [4.69, 9.17) is 11.6 Å². The molecule has 0 aliphatic rings. The maximum Gasteiger partial charge on any atom is 0.0547 e. The molecule has 3 heteroatoms. The van der Waals surface area contributed by atoms with Crippen LogP contribution in [-0.4, -0.2) is 13.6 Å². The summed E-state index contributed by atoms with van der Waals surface area (Å²) in [6, 6.07) is 1.97. The third kappa shape index (κ3) is 2.47. The Morgan fingerprint density at radius 1 is 1.67 bits per heavy atom. The molecule has 0 aliphatic heterocycles. The molecule has 1 atom stereocenters. The summed E-state index contributed by atoms with van der Waals surface area (Å²) in [5.41, 5.74) is 0. The van der Waals surface area contributed by atoms with E-state index in [1.165, 1.54) is 4.88 Å². The molecule has 0 bridgehead atoms. The monoisotopic (exact) mass is 203 g/mol. The summed E-state index contributed by atoms with van der Waals surface area (Å²) in [4.78, 5) is 1.31. The van der Waals surface area contributed by atoms with E-state index in [0.717, 1.165) is 18.0 Å². The molecule has 68 valence electrons. The van der Waals surface area contributed by atoms with Gasteiger partial charge < -0.3 is 5.32 Å². The first kappa shape index (κ1) is 10.0. The normalized spacial score (nSPS) is 13.2. The van der Waals surface area contributed by atoms with Gasteiger partial charge in [0.05, 0.1) is 5.02 Å². The van der Waals surface area contributed by atoms with E-state index in [-0.39, 0.29) is 0 Å². The van der Waals surface area contributed by atoms with Crippen LogP contribution in [0.2, 0.25) is 5.02 Å². The zero-order valence-corrected chi connectivity index (χ0v) is 9.00. The molecule has 0 saturated carbocycles. The van der Waals surface area contributed by atoms with Crippen molar-refractivity contribution in [1.82, 2.24) is 5.32 Å². The smallest absolute Gasteiger partial charge is 0.0547 e. The van der Waals surface area contributed by atoms with Gasteiger partial charge in [0.15, 0.2) is 0 Å². The van der Waals surface area contributed by atoms with Crippen molar-refractivity contribution in [2.24, 2.45) is 0 Å². The average molecular weight is 204 g/mol. The van der Waals surface area contributed by atoms with Crippen molar-refractivity contribution in [3.05, 3.63) is 21.3 Å². The number of thiophene rings is 1. The third-order valence-corrected chi connectivity index (χ3v) is 3.51. The summed E-state index contributed by atoms with van der Waals surface area (Å²) in [6.07, 6.45) is 1.15. The Bertz CT molecular complexity index is 234. The minimum atomic E-state index is 0.574. The van der Waals surface area contributed by atoms with Crippen LogP contribution in [0.3, 0.4) is 0 Å². The Hall–Kier alpha value is -0.0500. The zero-order chi connectivity index (χ0) is 8.97. The van der Waals surface area contributed by atoms with Crippen molar-refractivity contribution in [2.45, 2.75) is 19.3 Å². The Balaban J connectivity index is 2.52. The second-order valence-corrected chi connectivity index (χ2v) is 4.28. The van der Waals surface area contributed by atoms with Crippen LogP contribution < -0.4 is 5.32 Å². The van der Waals surface area contributed by atoms with Gasteiger partial charge in [-0.1, -0.05) is 18.5 Å². The lowest BCUT2D eigenvalue weighted by Crippen LogP contribution is -2.10. The van der Waals surface area contributed by atoms with E-state index in [1.807, 2.05) is 18.5 Å². The highest BCUT2D eigenvalue weighted by atomic mass is 35.5. The van der Waals surface area contributed by atoms with Gasteiger partial charge in [0, 0.05) is 4.88 Å². The Labute approximate surface area is 82.7 Å². The van der Waals surface area contributed by atoms with Gasteiger partial charge in [-0.05, 0) is 37.4 Å². The van der Waals surface area contributed by atoms with Gasteiger partial charge in [-0.25, -0.2) is 0 Å². The van der Waals surface area contributed by atoms with Gasteiger partial charge >= 0.3 is 0 Å². The Morgan fingerprint density at radius 3 is 2.92 bits per heavy atom. The summed E-state index contributed by atoms with van der Waals surface area (Å²) in [6.45, 7) is 3.27. The van der Waals surface area contributed by atoms with Crippen LogP contribution in [0.15, 0.2) is 11.4 Å². The molecule has 0 spiro atoms. The molecule has 1 nitrogen and oxygen atoms in total. The fourth-order valence-electron chi connectivity index (χ4n) is 1.15. The van der Waals surface area contributed by atoms with E-state index in [2.05, 4.69) is 12.2 Å². The highest BCUT2D eigenvalue weighted by molar-refractivity contribution is 7.10. The quantitative estimate of drug-likeness (QED) is 0.793. The van der Waals surface area contributed by atoms with Crippen molar-refractivity contribution in [3.63, 3.8) is 0 Å². The van der Waals surface area contributed by atoms with Crippen LogP contribution in [-0.2, 0) is 0 Å². The second-order valence-electron chi connectivity index (χ2n) is 2.93. The van der Waals surface area contributed by atoms with E-state index in [9.17, 15) is 0 Å². The van der Waals surface area contributed by atoms with Crippen LogP contribution in [0.4, 0.5) is 0 Å². The number of hydrogen-bond acceptors (Lipinski definition) is 2. The molecule has 1 N–H and O–H groups in total. The number of halogens is 1. The molecular weight excluding hydrogens is 190 g/mol. The highest BCUT2D eigenvalue weighted by Crippen LogP contribution is 2.31. The lowest BCUT2D eigenvalue weighted by atomic mass is 10.1. The fraction of sp³-hybridized carbons (Fsp3) is 0.556. The zero-order valence-electron chi connectivity index (χ0n) is 7.43. The number of rotatable bonds is 4. The lowest BCUT2D eigenvalue weighted by Gasteiger charge is -2.08. The molecule has 0 aromatic carbocycles. The third-order valence-electron chi connectivity index (χ3n) is 1.92. The van der Waals surface area contributed by atoms with Crippen molar-refractivity contribution in [3.8, 4) is 0 Å². The van der Waals surface area contributed by atoms with Crippen LogP contribution >= 0.6 is 22.9 Å².